The number of methoxy groups -OCH3 is 1. The number of urea groups is 1. The van der Waals surface area contributed by atoms with Crippen LogP contribution in [0.4, 0.5) is 4.79 Å². The zero-order chi connectivity index (χ0) is 18.3. The van der Waals surface area contributed by atoms with Crippen molar-refractivity contribution in [2.24, 2.45) is 0 Å². The summed E-state index contributed by atoms with van der Waals surface area (Å²) in [6.45, 7) is 7.12. The summed E-state index contributed by atoms with van der Waals surface area (Å²) in [5.74, 6) is -1.34. The maximum absolute atomic E-state index is 12.1. The fourth-order valence-corrected chi connectivity index (χ4v) is 1.82. The lowest BCUT2D eigenvalue weighted by molar-refractivity contribution is -0.127. The van der Waals surface area contributed by atoms with Gasteiger partial charge in [-0.05, 0) is 45.4 Å². The Labute approximate surface area is 141 Å². The number of esters is 1. The standard InChI is InChI=1S/C17H24N2O5/c1-11(14(20)18-16(22)19-17(2,3)4)24-15(21)13-8-6-7-12(9-13)10-23-5/h6-9,11H,10H2,1-5H3,(H2,18,19,20,22)/t11-/m1/s1. The maximum atomic E-state index is 12.1. The summed E-state index contributed by atoms with van der Waals surface area (Å²) in [6, 6.07) is 6.08. The predicted molar refractivity (Wildman–Crippen MR) is 88.5 cm³/mol. The van der Waals surface area contributed by atoms with Crippen molar-refractivity contribution >= 4 is 17.9 Å². The van der Waals surface area contributed by atoms with E-state index in [0.29, 0.717) is 12.2 Å². The molecule has 24 heavy (non-hydrogen) atoms. The van der Waals surface area contributed by atoms with Crippen LogP contribution < -0.4 is 10.6 Å². The smallest absolute Gasteiger partial charge is 0.338 e. The van der Waals surface area contributed by atoms with Crippen LogP contribution in [0.25, 0.3) is 0 Å². The largest absolute Gasteiger partial charge is 0.449 e. The summed E-state index contributed by atoms with van der Waals surface area (Å²) >= 11 is 0. The average Bonchev–Trinajstić information content (AvgIpc) is 2.45. The SMILES string of the molecule is COCc1cccc(C(=O)O[C@H](C)C(=O)NC(=O)NC(C)(C)C)c1. The molecule has 0 saturated carbocycles. The second kappa shape index (κ2) is 8.44. The number of imide groups is 1. The molecule has 7 nitrogen and oxygen atoms in total. The van der Waals surface area contributed by atoms with Crippen LogP contribution in [0.1, 0.15) is 43.6 Å². The van der Waals surface area contributed by atoms with Crippen LogP contribution in [0.15, 0.2) is 24.3 Å². The van der Waals surface area contributed by atoms with E-state index in [1.807, 2.05) is 6.07 Å². The summed E-state index contributed by atoms with van der Waals surface area (Å²) < 4.78 is 10.1. The van der Waals surface area contributed by atoms with Crippen LogP contribution in [0.2, 0.25) is 0 Å². The third kappa shape index (κ3) is 6.78. The minimum Gasteiger partial charge on any atom is -0.449 e. The van der Waals surface area contributed by atoms with Crippen LogP contribution in [-0.2, 0) is 20.9 Å². The summed E-state index contributed by atoms with van der Waals surface area (Å²) in [6.07, 6.45) is -1.10. The normalized spacial score (nSPS) is 12.2. The molecule has 0 aliphatic carbocycles. The van der Waals surface area contributed by atoms with Gasteiger partial charge in [0, 0.05) is 12.6 Å². The van der Waals surface area contributed by atoms with Crippen molar-refractivity contribution < 1.29 is 23.9 Å². The molecule has 0 saturated heterocycles. The summed E-state index contributed by atoms with van der Waals surface area (Å²) in [7, 11) is 1.56. The molecular formula is C17H24N2O5. The number of rotatable bonds is 5. The Bertz CT molecular complexity index is 607. The molecule has 0 radical (unpaired) electrons. The van der Waals surface area contributed by atoms with Gasteiger partial charge in [0.2, 0.25) is 0 Å². The van der Waals surface area contributed by atoms with Crippen LogP contribution in [-0.4, -0.2) is 36.7 Å². The highest BCUT2D eigenvalue weighted by Gasteiger charge is 2.22. The average molecular weight is 336 g/mol. The van der Waals surface area contributed by atoms with Crippen molar-refractivity contribution in [1.29, 1.82) is 0 Å². The molecular weight excluding hydrogens is 312 g/mol. The van der Waals surface area contributed by atoms with E-state index in [-0.39, 0.29) is 0 Å². The molecule has 1 aromatic rings. The number of ether oxygens (including phenoxy) is 2. The van der Waals surface area contributed by atoms with Gasteiger partial charge >= 0.3 is 12.0 Å². The van der Waals surface area contributed by atoms with Crippen molar-refractivity contribution in [1.82, 2.24) is 10.6 Å². The number of carbonyl (C=O) groups excluding carboxylic acids is 3. The van der Waals surface area contributed by atoms with Gasteiger partial charge in [-0.25, -0.2) is 9.59 Å². The molecule has 0 fully saturated rings. The van der Waals surface area contributed by atoms with E-state index in [0.717, 1.165) is 5.56 Å². The van der Waals surface area contributed by atoms with Crippen molar-refractivity contribution in [3.8, 4) is 0 Å². The second-order valence-corrected chi connectivity index (χ2v) is 6.37. The Morgan fingerprint density at radius 3 is 2.46 bits per heavy atom. The Morgan fingerprint density at radius 1 is 1.21 bits per heavy atom. The highest BCUT2D eigenvalue weighted by molar-refractivity contribution is 5.98. The van der Waals surface area contributed by atoms with E-state index in [1.165, 1.54) is 6.92 Å². The molecule has 1 atom stereocenters. The van der Waals surface area contributed by atoms with E-state index in [4.69, 9.17) is 9.47 Å². The molecule has 0 heterocycles. The first-order valence-corrected chi connectivity index (χ1v) is 7.54. The third-order valence-corrected chi connectivity index (χ3v) is 2.85. The molecule has 2 N–H and O–H groups in total. The van der Waals surface area contributed by atoms with Crippen LogP contribution in [0.3, 0.4) is 0 Å². The maximum Gasteiger partial charge on any atom is 0.338 e. The zero-order valence-electron chi connectivity index (χ0n) is 14.6. The molecule has 1 rings (SSSR count). The highest BCUT2D eigenvalue weighted by atomic mass is 16.5. The van der Waals surface area contributed by atoms with Gasteiger partial charge in [0.1, 0.15) is 0 Å². The predicted octanol–water partition coefficient (Wildman–Crippen LogP) is 2.00. The minimum atomic E-state index is -1.10. The number of hydrogen-bond acceptors (Lipinski definition) is 5. The molecule has 1 aromatic carbocycles. The molecule has 0 unspecified atom stereocenters. The molecule has 0 aliphatic heterocycles. The van der Waals surface area contributed by atoms with Gasteiger partial charge in [0.15, 0.2) is 6.10 Å². The summed E-state index contributed by atoms with van der Waals surface area (Å²) in [5.41, 5.74) is 0.642. The second-order valence-electron chi connectivity index (χ2n) is 6.37. The molecule has 3 amide bonds. The molecule has 0 bridgehead atoms. The lowest BCUT2D eigenvalue weighted by Gasteiger charge is -2.21. The molecule has 0 aliphatic rings. The fraction of sp³-hybridized carbons (Fsp3) is 0.471. The first-order valence-electron chi connectivity index (χ1n) is 7.54. The van der Waals surface area contributed by atoms with E-state index >= 15 is 0 Å². The monoisotopic (exact) mass is 336 g/mol. The van der Waals surface area contributed by atoms with Gasteiger partial charge in [0.05, 0.1) is 12.2 Å². The van der Waals surface area contributed by atoms with E-state index < -0.39 is 29.6 Å². The Hall–Kier alpha value is -2.41. The van der Waals surface area contributed by atoms with Gasteiger partial charge in [0.25, 0.3) is 5.91 Å². The number of carbonyl (C=O) groups is 3. The van der Waals surface area contributed by atoms with Gasteiger partial charge in [-0.15, -0.1) is 0 Å². The van der Waals surface area contributed by atoms with Gasteiger partial charge in [-0.3, -0.25) is 10.1 Å². The van der Waals surface area contributed by atoms with Gasteiger partial charge < -0.3 is 14.8 Å². The van der Waals surface area contributed by atoms with Crippen LogP contribution in [0.5, 0.6) is 0 Å². The Balaban J connectivity index is 2.61. The van der Waals surface area contributed by atoms with Crippen molar-refractivity contribution in [2.45, 2.75) is 45.9 Å². The van der Waals surface area contributed by atoms with Gasteiger partial charge in [-0.1, -0.05) is 12.1 Å². The highest BCUT2D eigenvalue weighted by Crippen LogP contribution is 2.09. The van der Waals surface area contributed by atoms with E-state index in [1.54, 1.807) is 46.1 Å². The fourth-order valence-electron chi connectivity index (χ4n) is 1.82. The van der Waals surface area contributed by atoms with Crippen molar-refractivity contribution in [2.75, 3.05) is 7.11 Å². The molecule has 132 valence electrons. The minimum absolute atomic E-state index is 0.309. The lowest BCUT2D eigenvalue weighted by atomic mass is 10.1. The van der Waals surface area contributed by atoms with Crippen LogP contribution in [0, 0.1) is 0 Å². The molecule has 0 aromatic heterocycles. The third-order valence-electron chi connectivity index (χ3n) is 2.85. The Morgan fingerprint density at radius 2 is 1.88 bits per heavy atom. The quantitative estimate of drug-likeness (QED) is 0.802. The van der Waals surface area contributed by atoms with E-state index in [2.05, 4.69) is 10.6 Å². The Kier molecular flexibility index (Phi) is 6.91. The lowest BCUT2D eigenvalue weighted by Crippen LogP contribution is -2.50. The first-order chi connectivity index (χ1) is 11.1. The number of benzene rings is 1. The van der Waals surface area contributed by atoms with Gasteiger partial charge in [-0.2, -0.15) is 0 Å². The number of nitrogens with one attached hydrogen (secondary N) is 2. The summed E-state index contributed by atoms with van der Waals surface area (Å²) in [5, 5.41) is 4.72. The number of hydrogen-bond donors (Lipinski definition) is 2. The molecule has 0 spiro atoms. The number of amides is 3. The zero-order valence-corrected chi connectivity index (χ0v) is 14.6. The van der Waals surface area contributed by atoms with Crippen molar-refractivity contribution in [3.05, 3.63) is 35.4 Å². The van der Waals surface area contributed by atoms with Crippen molar-refractivity contribution in [3.63, 3.8) is 0 Å². The summed E-state index contributed by atoms with van der Waals surface area (Å²) in [4.78, 5) is 35.6. The van der Waals surface area contributed by atoms with Crippen LogP contribution >= 0.6 is 0 Å². The van der Waals surface area contributed by atoms with E-state index in [9.17, 15) is 14.4 Å². The first kappa shape index (κ1) is 19.6. The molecule has 7 heteroatoms. The topological polar surface area (TPSA) is 93.7 Å².